The molecule has 0 fully saturated rings. The van der Waals surface area contributed by atoms with Crippen LogP contribution in [0.15, 0.2) is 6.20 Å². The molecule has 0 radical (unpaired) electrons. The predicted molar refractivity (Wildman–Crippen MR) is 80.6 cm³/mol. The molecule has 0 aliphatic carbocycles. The SMILES string of the molecule is CCCCn1cc(C)nc1NCCOCCC(C)C. The number of hydrogen-bond donors (Lipinski definition) is 1. The Bertz CT molecular complexity index is 347. The van der Waals surface area contributed by atoms with E-state index in [0.29, 0.717) is 5.92 Å². The van der Waals surface area contributed by atoms with Gasteiger partial charge in [-0.25, -0.2) is 4.98 Å². The molecule has 0 amide bonds. The van der Waals surface area contributed by atoms with Gasteiger partial charge in [0.2, 0.25) is 5.95 Å². The van der Waals surface area contributed by atoms with Crippen molar-refractivity contribution >= 4 is 5.95 Å². The highest BCUT2D eigenvalue weighted by atomic mass is 16.5. The minimum Gasteiger partial charge on any atom is -0.380 e. The molecule has 1 rings (SSSR count). The third-order valence-electron chi connectivity index (χ3n) is 3.02. The Balaban J connectivity index is 2.24. The maximum Gasteiger partial charge on any atom is 0.203 e. The number of aryl methyl sites for hydroxylation is 2. The van der Waals surface area contributed by atoms with Gasteiger partial charge in [-0.3, -0.25) is 0 Å². The number of nitrogens with one attached hydrogen (secondary N) is 1. The first kappa shape index (κ1) is 16.0. The molecular weight excluding hydrogens is 238 g/mol. The maximum atomic E-state index is 5.59. The Morgan fingerprint density at radius 1 is 1.37 bits per heavy atom. The highest BCUT2D eigenvalue weighted by molar-refractivity contribution is 5.28. The molecule has 0 spiro atoms. The van der Waals surface area contributed by atoms with Crippen molar-refractivity contribution in [3.8, 4) is 0 Å². The molecular formula is C15H29N3O. The van der Waals surface area contributed by atoms with Crippen LogP contribution in [0.1, 0.15) is 45.7 Å². The van der Waals surface area contributed by atoms with E-state index in [-0.39, 0.29) is 0 Å². The van der Waals surface area contributed by atoms with Crippen LogP contribution in [0.25, 0.3) is 0 Å². The van der Waals surface area contributed by atoms with E-state index in [2.05, 4.69) is 41.8 Å². The summed E-state index contributed by atoms with van der Waals surface area (Å²) in [6.07, 6.45) is 5.63. The highest BCUT2D eigenvalue weighted by Gasteiger charge is 2.04. The zero-order valence-electron chi connectivity index (χ0n) is 12.9. The normalized spacial score (nSPS) is 11.2. The van der Waals surface area contributed by atoms with E-state index < -0.39 is 0 Å². The van der Waals surface area contributed by atoms with Crippen LogP contribution >= 0.6 is 0 Å². The molecule has 0 bridgehead atoms. The zero-order valence-corrected chi connectivity index (χ0v) is 12.9. The summed E-state index contributed by atoms with van der Waals surface area (Å²) in [6.45, 7) is 12.1. The standard InChI is InChI=1S/C15H29N3O/c1-5-6-9-18-12-14(4)17-15(18)16-8-11-19-10-7-13(2)3/h12-13H,5-11H2,1-4H3,(H,16,17). The minimum absolute atomic E-state index is 0.712. The summed E-state index contributed by atoms with van der Waals surface area (Å²) in [6, 6.07) is 0. The molecule has 0 unspecified atom stereocenters. The van der Waals surface area contributed by atoms with Crippen LogP contribution in [0.3, 0.4) is 0 Å². The molecule has 0 aromatic carbocycles. The van der Waals surface area contributed by atoms with Crippen LogP contribution in [-0.2, 0) is 11.3 Å². The summed E-state index contributed by atoms with van der Waals surface area (Å²) in [5, 5.41) is 3.36. The summed E-state index contributed by atoms with van der Waals surface area (Å²) in [5.41, 5.74) is 1.07. The van der Waals surface area contributed by atoms with Crippen LogP contribution in [0.4, 0.5) is 5.95 Å². The van der Waals surface area contributed by atoms with Crippen molar-refractivity contribution in [2.75, 3.05) is 25.1 Å². The second-order valence-electron chi connectivity index (χ2n) is 5.47. The molecule has 19 heavy (non-hydrogen) atoms. The van der Waals surface area contributed by atoms with Crippen LogP contribution in [0.2, 0.25) is 0 Å². The summed E-state index contributed by atoms with van der Waals surface area (Å²) >= 11 is 0. The van der Waals surface area contributed by atoms with Crippen molar-refractivity contribution < 1.29 is 4.74 Å². The van der Waals surface area contributed by atoms with E-state index in [4.69, 9.17) is 4.74 Å². The topological polar surface area (TPSA) is 39.1 Å². The lowest BCUT2D eigenvalue weighted by molar-refractivity contribution is 0.132. The molecule has 0 aliphatic rings. The third kappa shape index (κ3) is 6.62. The first-order valence-electron chi connectivity index (χ1n) is 7.48. The van der Waals surface area contributed by atoms with Gasteiger partial charge in [0.15, 0.2) is 0 Å². The number of aromatic nitrogens is 2. The quantitative estimate of drug-likeness (QED) is 0.660. The van der Waals surface area contributed by atoms with Gasteiger partial charge in [-0.1, -0.05) is 27.2 Å². The van der Waals surface area contributed by atoms with Crippen LogP contribution < -0.4 is 5.32 Å². The van der Waals surface area contributed by atoms with Crippen LogP contribution in [0.5, 0.6) is 0 Å². The molecule has 1 aromatic rings. The lowest BCUT2D eigenvalue weighted by Crippen LogP contribution is -2.14. The van der Waals surface area contributed by atoms with Gasteiger partial charge >= 0.3 is 0 Å². The van der Waals surface area contributed by atoms with E-state index in [9.17, 15) is 0 Å². The fraction of sp³-hybridized carbons (Fsp3) is 0.800. The summed E-state index contributed by atoms with van der Waals surface area (Å²) in [7, 11) is 0. The number of nitrogens with zero attached hydrogens (tertiary/aromatic N) is 2. The average molecular weight is 267 g/mol. The molecule has 0 aliphatic heterocycles. The first-order chi connectivity index (χ1) is 9.13. The van der Waals surface area contributed by atoms with Crippen molar-refractivity contribution in [1.82, 2.24) is 9.55 Å². The molecule has 110 valence electrons. The number of hydrogen-bond acceptors (Lipinski definition) is 3. The number of unbranched alkanes of at least 4 members (excludes halogenated alkanes) is 1. The molecule has 0 saturated heterocycles. The summed E-state index contributed by atoms with van der Waals surface area (Å²) < 4.78 is 7.80. The zero-order chi connectivity index (χ0) is 14.1. The van der Waals surface area contributed by atoms with E-state index in [1.54, 1.807) is 0 Å². The second kappa shape index (κ2) is 8.97. The van der Waals surface area contributed by atoms with E-state index in [0.717, 1.165) is 44.4 Å². The lowest BCUT2D eigenvalue weighted by Gasteiger charge is -2.10. The Kier molecular flexibility index (Phi) is 7.56. The van der Waals surface area contributed by atoms with Gasteiger partial charge in [0.1, 0.15) is 0 Å². The first-order valence-corrected chi connectivity index (χ1v) is 7.48. The smallest absolute Gasteiger partial charge is 0.203 e. The van der Waals surface area contributed by atoms with E-state index in [1.165, 1.54) is 12.8 Å². The average Bonchev–Trinajstić information content (AvgIpc) is 2.71. The number of imidazole rings is 1. The Hall–Kier alpha value is -1.03. The molecule has 1 N–H and O–H groups in total. The predicted octanol–water partition coefficient (Wildman–Crippen LogP) is 3.47. The molecule has 0 atom stereocenters. The van der Waals surface area contributed by atoms with Crippen molar-refractivity contribution in [3.63, 3.8) is 0 Å². The maximum absolute atomic E-state index is 5.59. The Labute approximate surface area is 117 Å². The number of anilines is 1. The van der Waals surface area contributed by atoms with Gasteiger partial charge in [0.05, 0.1) is 12.3 Å². The molecule has 1 aromatic heterocycles. The molecule has 0 saturated carbocycles. The third-order valence-corrected chi connectivity index (χ3v) is 3.02. The van der Waals surface area contributed by atoms with Crippen molar-refractivity contribution in [2.24, 2.45) is 5.92 Å². The fourth-order valence-corrected chi connectivity index (χ4v) is 1.84. The van der Waals surface area contributed by atoms with Gasteiger partial charge in [-0.05, 0) is 25.7 Å². The second-order valence-corrected chi connectivity index (χ2v) is 5.47. The van der Waals surface area contributed by atoms with Crippen molar-refractivity contribution in [1.29, 1.82) is 0 Å². The van der Waals surface area contributed by atoms with Crippen LogP contribution in [-0.4, -0.2) is 29.3 Å². The van der Waals surface area contributed by atoms with Crippen molar-refractivity contribution in [2.45, 2.75) is 53.5 Å². The Morgan fingerprint density at radius 3 is 2.84 bits per heavy atom. The van der Waals surface area contributed by atoms with Crippen molar-refractivity contribution in [3.05, 3.63) is 11.9 Å². The van der Waals surface area contributed by atoms with E-state index in [1.807, 2.05) is 6.92 Å². The summed E-state index contributed by atoms with van der Waals surface area (Å²) in [5.74, 6) is 1.68. The monoisotopic (exact) mass is 267 g/mol. The molecule has 1 heterocycles. The van der Waals surface area contributed by atoms with Gasteiger partial charge in [-0.2, -0.15) is 0 Å². The highest BCUT2D eigenvalue weighted by Crippen LogP contribution is 2.09. The number of ether oxygens (including phenoxy) is 1. The summed E-state index contributed by atoms with van der Waals surface area (Å²) in [4.78, 5) is 4.51. The fourth-order valence-electron chi connectivity index (χ4n) is 1.84. The van der Waals surface area contributed by atoms with Gasteiger partial charge < -0.3 is 14.6 Å². The lowest BCUT2D eigenvalue weighted by atomic mass is 10.1. The van der Waals surface area contributed by atoms with Gasteiger partial charge in [-0.15, -0.1) is 0 Å². The number of rotatable bonds is 10. The van der Waals surface area contributed by atoms with E-state index >= 15 is 0 Å². The van der Waals surface area contributed by atoms with Gasteiger partial charge in [0, 0.05) is 25.9 Å². The minimum atomic E-state index is 0.712. The van der Waals surface area contributed by atoms with Gasteiger partial charge in [0.25, 0.3) is 0 Å². The largest absolute Gasteiger partial charge is 0.380 e. The van der Waals surface area contributed by atoms with Crippen LogP contribution in [0, 0.1) is 12.8 Å². The molecule has 4 nitrogen and oxygen atoms in total. The Morgan fingerprint density at radius 2 is 2.16 bits per heavy atom. The molecule has 4 heteroatoms.